The van der Waals surface area contributed by atoms with Gasteiger partial charge in [0.2, 0.25) is 0 Å². The van der Waals surface area contributed by atoms with Gasteiger partial charge in [-0.05, 0) is 49.7 Å². The molecule has 0 saturated heterocycles. The molecule has 3 N–H and O–H groups in total. The number of aliphatic hydroxyl groups is 1. The molecule has 0 bridgehead atoms. The van der Waals surface area contributed by atoms with Crippen molar-refractivity contribution in [3.8, 4) is 0 Å². The van der Waals surface area contributed by atoms with Gasteiger partial charge in [0, 0.05) is 18.6 Å². The number of nitrogens with zero attached hydrogens (tertiary/aromatic N) is 3. The highest BCUT2D eigenvalue weighted by Crippen LogP contribution is 2.29. The molecular weight excluding hydrogens is 342 g/mol. The first-order chi connectivity index (χ1) is 13.2. The normalized spacial score (nSPS) is 22.6. The summed E-state index contributed by atoms with van der Waals surface area (Å²) in [6.45, 7) is 0.149. The van der Waals surface area contributed by atoms with Crippen LogP contribution in [0, 0.1) is 0 Å². The van der Waals surface area contributed by atoms with Crippen LogP contribution in [0.4, 0.5) is 0 Å². The van der Waals surface area contributed by atoms with Crippen LogP contribution in [0.5, 0.6) is 0 Å². The summed E-state index contributed by atoms with van der Waals surface area (Å²) in [5.41, 5.74) is 3.28. The van der Waals surface area contributed by atoms with Gasteiger partial charge in [0.1, 0.15) is 0 Å². The molecule has 0 radical (unpaired) electrons. The Morgan fingerprint density at radius 2 is 1.81 bits per heavy atom. The van der Waals surface area contributed by atoms with Crippen molar-refractivity contribution in [3.05, 3.63) is 47.3 Å². The number of hydrogen-bond acceptors (Lipinski definition) is 5. The van der Waals surface area contributed by atoms with E-state index in [1.54, 1.807) is 6.20 Å². The Balaban J connectivity index is 1.26. The largest absolute Gasteiger partial charge is 0.395 e. The van der Waals surface area contributed by atoms with Crippen molar-refractivity contribution in [3.63, 3.8) is 0 Å². The number of carbonyl (C=O) groups is 1. The number of benzene rings is 1. The summed E-state index contributed by atoms with van der Waals surface area (Å²) >= 11 is 0. The van der Waals surface area contributed by atoms with Crippen LogP contribution in [-0.4, -0.2) is 51.2 Å². The van der Waals surface area contributed by atoms with E-state index in [1.165, 1.54) is 11.1 Å². The first-order valence-corrected chi connectivity index (χ1v) is 9.86. The lowest BCUT2D eigenvalue weighted by atomic mass is 9.90. The smallest absolute Gasteiger partial charge is 0.273 e. The van der Waals surface area contributed by atoms with E-state index in [2.05, 4.69) is 45.2 Å². The number of aromatic nitrogens is 3. The SMILES string of the molecule is O=C(NCCO)c1cn(C2CCC(NC3Cc4ccccc4C3)CC2)nn1. The minimum absolute atomic E-state index is 0.0804. The van der Waals surface area contributed by atoms with Gasteiger partial charge in [-0.2, -0.15) is 0 Å². The van der Waals surface area contributed by atoms with E-state index < -0.39 is 0 Å². The van der Waals surface area contributed by atoms with Crippen LogP contribution in [0.1, 0.15) is 53.3 Å². The minimum atomic E-state index is -0.286. The van der Waals surface area contributed by atoms with Crippen LogP contribution in [0.15, 0.2) is 30.5 Å². The van der Waals surface area contributed by atoms with Crippen molar-refractivity contribution in [2.24, 2.45) is 0 Å². The van der Waals surface area contributed by atoms with E-state index in [0.29, 0.717) is 23.8 Å². The Morgan fingerprint density at radius 1 is 1.11 bits per heavy atom. The van der Waals surface area contributed by atoms with E-state index in [1.807, 2.05) is 4.68 Å². The molecule has 1 aromatic heterocycles. The fourth-order valence-corrected chi connectivity index (χ4v) is 4.34. The van der Waals surface area contributed by atoms with Gasteiger partial charge in [0.25, 0.3) is 5.91 Å². The molecule has 7 heteroatoms. The average Bonchev–Trinajstić information content (AvgIpc) is 3.33. The van der Waals surface area contributed by atoms with Gasteiger partial charge < -0.3 is 15.7 Å². The maximum atomic E-state index is 11.9. The maximum absolute atomic E-state index is 11.9. The zero-order valence-electron chi connectivity index (χ0n) is 15.5. The molecule has 1 aromatic carbocycles. The van der Waals surface area contributed by atoms with Crippen LogP contribution >= 0.6 is 0 Å². The van der Waals surface area contributed by atoms with Crippen LogP contribution in [0.3, 0.4) is 0 Å². The van der Waals surface area contributed by atoms with Crippen molar-refractivity contribution >= 4 is 5.91 Å². The fraction of sp³-hybridized carbons (Fsp3) is 0.550. The van der Waals surface area contributed by atoms with Gasteiger partial charge in [0.15, 0.2) is 5.69 Å². The molecule has 0 unspecified atom stereocenters. The summed E-state index contributed by atoms with van der Waals surface area (Å²) in [6.07, 6.45) is 8.29. The fourth-order valence-electron chi connectivity index (χ4n) is 4.34. The number of aliphatic hydroxyl groups excluding tert-OH is 1. The molecular formula is C20H27N5O2. The summed E-state index contributed by atoms with van der Waals surface area (Å²) in [7, 11) is 0. The Bertz CT molecular complexity index is 757. The van der Waals surface area contributed by atoms with Crippen molar-refractivity contribution < 1.29 is 9.90 Å². The molecule has 2 aliphatic rings. The highest BCUT2D eigenvalue weighted by molar-refractivity contribution is 5.91. The Hall–Kier alpha value is -2.25. The quantitative estimate of drug-likeness (QED) is 0.713. The zero-order valence-corrected chi connectivity index (χ0v) is 15.5. The monoisotopic (exact) mass is 369 g/mol. The predicted molar refractivity (Wildman–Crippen MR) is 102 cm³/mol. The first-order valence-electron chi connectivity index (χ1n) is 9.86. The molecule has 2 aromatic rings. The van der Waals surface area contributed by atoms with E-state index in [4.69, 9.17) is 5.11 Å². The van der Waals surface area contributed by atoms with Gasteiger partial charge in [-0.25, -0.2) is 4.68 Å². The number of fused-ring (bicyclic) bond motifs is 1. The summed E-state index contributed by atoms with van der Waals surface area (Å²) in [4.78, 5) is 11.9. The first kappa shape index (κ1) is 18.1. The summed E-state index contributed by atoms with van der Waals surface area (Å²) in [6, 6.07) is 10.1. The lowest BCUT2D eigenvalue weighted by Crippen LogP contribution is -2.41. The second-order valence-electron chi connectivity index (χ2n) is 7.61. The Labute approximate surface area is 159 Å². The van der Waals surface area contributed by atoms with Crippen molar-refractivity contribution in [1.29, 1.82) is 0 Å². The lowest BCUT2D eigenvalue weighted by Gasteiger charge is -2.31. The van der Waals surface area contributed by atoms with Gasteiger partial charge in [-0.1, -0.05) is 29.5 Å². The number of amides is 1. The Kier molecular flexibility index (Phi) is 5.50. The molecule has 7 nitrogen and oxygen atoms in total. The molecule has 1 fully saturated rings. The molecule has 1 saturated carbocycles. The Morgan fingerprint density at radius 3 is 2.48 bits per heavy atom. The van der Waals surface area contributed by atoms with Crippen LogP contribution in [0.25, 0.3) is 0 Å². The number of hydrogen-bond donors (Lipinski definition) is 3. The third-order valence-corrected chi connectivity index (χ3v) is 5.73. The molecule has 27 heavy (non-hydrogen) atoms. The lowest BCUT2D eigenvalue weighted by molar-refractivity contribution is 0.0939. The van der Waals surface area contributed by atoms with Crippen LogP contribution < -0.4 is 10.6 Å². The zero-order chi connectivity index (χ0) is 18.6. The third-order valence-electron chi connectivity index (χ3n) is 5.73. The maximum Gasteiger partial charge on any atom is 0.273 e. The highest BCUT2D eigenvalue weighted by atomic mass is 16.3. The average molecular weight is 369 g/mol. The standard InChI is InChI=1S/C20H27N5O2/c26-10-9-21-20(27)19-13-25(24-23-19)18-7-5-16(6-8-18)22-17-11-14-3-1-2-4-15(14)12-17/h1-4,13,16-18,22,26H,5-12H2,(H,21,27). The van der Waals surface area contributed by atoms with Crippen molar-refractivity contribution in [2.45, 2.75) is 56.7 Å². The van der Waals surface area contributed by atoms with Gasteiger partial charge in [-0.15, -0.1) is 5.10 Å². The minimum Gasteiger partial charge on any atom is -0.395 e. The summed E-state index contributed by atoms with van der Waals surface area (Å²) in [5.74, 6) is -0.286. The van der Waals surface area contributed by atoms with Crippen molar-refractivity contribution in [2.75, 3.05) is 13.2 Å². The highest BCUT2D eigenvalue weighted by Gasteiger charge is 2.28. The summed E-state index contributed by atoms with van der Waals surface area (Å²) in [5, 5.41) is 23.4. The molecule has 2 aliphatic carbocycles. The molecule has 4 rings (SSSR count). The second kappa shape index (κ2) is 8.19. The molecule has 1 heterocycles. The van der Waals surface area contributed by atoms with E-state index >= 15 is 0 Å². The van der Waals surface area contributed by atoms with Crippen molar-refractivity contribution in [1.82, 2.24) is 25.6 Å². The molecule has 0 aliphatic heterocycles. The van der Waals surface area contributed by atoms with E-state index in [0.717, 1.165) is 38.5 Å². The predicted octanol–water partition coefficient (Wildman–Crippen LogP) is 1.24. The molecule has 0 atom stereocenters. The van der Waals surface area contributed by atoms with Gasteiger partial charge >= 0.3 is 0 Å². The number of nitrogens with one attached hydrogen (secondary N) is 2. The third kappa shape index (κ3) is 4.20. The van der Waals surface area contributed by atoms with Gasteiger partial charge in [0.05, 0.1) is 18.8 Å². The molecule has 1 amide bonds. The van der Waals surface area contributed by atoms with Crippen LogP contribution in [-0.2, 0) is 12.8 Å². The number of rotatable bonds is 6. The van der Waals surface area contributed by atoms with E-state index in [9.17, 15) is 4.79 Å². The topological polar surface area (TPSA) is 92.1 Å². The van der Waals surface area contributed by atoms with E-state index in [-0.39, 0.29) is 19.1 Å². The van der Waals surface area contributed by atoms with Crippen LogP contribution in [0.2, 0.25) is 0 Å². The second-order valence-corrected chi connectivity index (χ2v) is 7.61. The summed E-state index contributed by atoms with van der Waals surface area (Å²) < 4.78 is 1.83. The number of carbonyl (C=O) groups excluding carboxylic acids is 1. The molecule has 144 valence electrons. The van der Waals surface area contributed by atoms with Gasteiger partial charge in [-0.3, -0.25) is 4.79 Å². The molecule has 0 spiro atoms.